The highest BCUT2D eigenvalue weighted by molar-refractivity contribution is 5.97. The quantitative estimate of drug-likeness (QED) is 0.775. The van der Waals surface area contributed by atoms with Gasteiger partial charge < -0.3 is 14.9 Å². The predicted octanol–water partition coefficient (Wildman–Crippen LogP) is 3.49. The monoisotopic (exact) mass is 310 g/mol. The van der Waals surface area contributed by atoms with Gasteiger partial charge in [0, 0.05) is 29.5 Å². The lowest BCUT2D eigenvalue weighted by atomic mass is 10.1. The molecule has 2 heterocycles. The third-order valence-corrected chi connectivity index (χ3v) is 4.23. The maximum Gasteiger partial charge on any atom is 0.251 e. The SMILES string of the molecule is Cc1cc(CNC(=O)c2ccc3nc[nH]c3c2)c(C)n1C(C)C. The van der Waals surface area contributed by atoms with Crippen LogP contribution in [0.1, 0.15) is 47.2 Å². The highest BCUT2D eigenvalue weighted by Crippen LogP contribution is 2.20. The number of aromatic amines is 1. The van der Waals surface area contributed by atoms with Crippen LogP contribution in [0.25, 0.3) is 11.0 Å². The zero-order valence-electron chi connectivity index (χ0n) is 14.0. The van der Waals surface area contributed by atoms with Crippen molar-refractivity contribution < 1.29 is 4.79 Å². The summed E-state index contributed by atoms with van der Waals surface area (Å²) >= 11 is 0. The van der Waals surface area contributed by atoms with Gasteiger partial charge in [-0.25, -0.2) is 4.98 Å². The summed E-state index contributed by atoms with van der Waals surface area (Å²) in [7, 11) is 0. The molecule has 0 unspecified atom stereocenters. The van der Waals surface area contributed by atoms with Crippen LogP contribution in [0.3, 0.4) is 0 Å². The van der Waals surface area contributed by atoms with E-state index in [1.807, 2.05) is 12.1 Å². The zero-order chi connectivity index (χ0) is 16.6. The Morgan fingerprint density at radius 3 is 2.78 bits per heavy atom. The molecular formula is C18H22N4O. The molecule has 0 radical (unpaired) electrons. The average Bonchev–Trinajstić information content (AvgIpc) is 3.08. The molecule has 0 spiro atoms. The number of amides is 1. The van der Waals surface area contributed by atoms with E-state index >= 15 is 0 Å². The Kier molecular flexibility index (Phi) is 3.94. The first-order chi connectivity index (χ1) is 11.0. The van der Waals surface area contributed by atoms with Gasteiger partial charge in [0.15, 0.2) is 0 Å². The van der Waals surface area contributed by atoms with Gasteiger partial charge in [-0.15, -0.1) is 0 Å². The molecule has 0 aliphatic rings. The molecule has 0 saturated heterocycles. The number of nitrogens with zero attached hydrogens (tertiary/aromatic N) is 2. The molecule has 0 saturated carbocycles. The van der Waals surface area contributed by atoms with E-state index in [9.17, 15) is 4.79 Å². The van der Waals surface area contributed by atoms with Gasteiger partial charge >= 0.3 is 0 Å². The van der Waals surface area contributed by atoms with Gasteiger partial charge in [-0.1, -0.05) is 0 Å². The van der Waals surface area contributed by atoms with E-state index in [-0.39, 0.29) is 5.91 Å². The molecule has 0 bridgehead atoms. The van der Waals surface area contributed by atoms with Crippen molar-refractivity contribution in [3.8, 4) is 0 Å². The molecular weight excluding hydrogens is 288 g/mol. The van der Waals surface area contributed by atoms with Crippen LogP contribution in [-0.4, -0.2) is 20.4 Å². The smallest absolute Gasteiger partial charge is 0.251 e. The Labute approximate surface area is 135 Å². The number of nitrogens with one attached hydrogen (secondary N) is 2. The summed E-state index contributed by atoms with van der Waals surface area (Å²) in [4.78, 5) is 19.6. The number of aryl methyl sites for hydroxylation is 1. The van der Waals surface area contributed by atoms with E-state index in [2.05, 4.69) is 53.6 Å². The predicted molar refractivity (Wildman–Crippen MR) is 91.6 cm³/mol. The number of imidazole rings is 1. The molecule has 3 rings (SSSR count). The van der Waals surface area contributed by atoms with Gasteiger partial charge in [-0.2, -0.15) is 0 Å². The zero-order valence-corrected chi connectivity index (χ0v) is 14.0. The highest BCUT2D eigenvalue weighted by Gasteiger charge is 2.13. The lowest BCUT2D eigenvalue weighted by Crippen LogP contribution is -2.23. The Morgan fingerprint density at radius 2 is 2.09 bits per heavy atom. The fourth-order valence-electron chi connectivity index (χ4n) is 3.17. The molecule has 3 aromatic rings. The summed E-state index contributed by atoms with van der Waals surface area (Å²) in [6.45, 7) is 9.08. The summed E-state index contributed by atoms with van der Waals surface area (Å²) in [6, 6.07) is 8.05. The van der Waals surface area contributed by atoms with Gasteiger partial charge in [0.1, 0.15) is 0 Å². The fraction of sp³-hybridized carbons (Fsp3) is 0.333. The van der Waals surface area contributed by atoms with E-state index in [4.69, 9.17) is 0 Å². The van der Waals surface area contributed by atoms with Gasteiger partial charge in [-0.3, -0.25) is 4.79 Å². The standard InChI is InChI=1S/C18H22N4O/c1-11(2)22-12(3)7-15(13(22)4)9-19-18(23)14-5-6-16-17(8-14)21-10-20-16/h5-8,10-11H,9H2,1-4H3,(H,19,23)(H,20,21). The van der Waals surface area contributed by atoms with Gasteiger partial charge in [0.25, 0.3) is 5.91 Å². The van der Waals surface area contributed by atoms with E-state index in [0.717, 1.165) is 16.6 Å². The average molecular weight is 310 g/mol. The normalized spacial score (nSPS) is 11.3. The molecule has 1 amide bonds. The van der Waals surface area contributed by atoms with Crippen molar-refractivity contribution in [3.05, 3.63) is 53.1 Å². The minimum atomic E-state index is -0.0733. The van der Waals surface area contributed by atoms with Crippen molar-refractivity contribution in [3.63, 3.8) is 0 Å². The number of H-pyrrole nitrogens is 1. The fourth-order valence-corrected chi connectivity index (χ4v) is 3.17. The van der Waals surface area contributed by atoms with Crippen LogP contribution in [0.4, 0.5) is 0 Å². The second kappa shape index (κ2) is 5.91. The topological polar surface area (TPSA) is 62.7 Å². The van der Waals surface area contributed by atoms with Crippen LogP contribution in [0.15, 0.2) is 30.6 Å². The third-order valence-electron chi connectivity index (χ3n) is 4.23. The Morgan fingerprint density at radius 1 is 1.30 bits per heavy atom. The Bertz CT molecular complexity index is 857. The first-order valence-corrected chi connectivity index (χ1v) is 7.86. The van der Waals surface area contributed by atoms with Gasteiger partial charge in [0.2, 0.25) is 0 Å². The molecule has 1 aromatic carbocycles. The molecule has 23 heavy (non-hydrogen) atoms. The summed E-state index contributed by atoms with van der Waals surface area (Å²) in [6.07, 6.45) is 1.63. The van der Waals surface area contributed by atoms with E-state index in [1.165, 1.54) is 11.4 Å². The number of carbonyl (C=O) groups excluding carboxylic acids is 1. The second-order valence-electron chi connectivity index (χ2n) is 6.18. The van der Waals surface area contributed by atoms with Crippen LogP contribution >= 0.6 is 0 Å². The first kappa shape index (κ1) is 15.3. The first-order valence-electron chi connectivity index (χ1n) is 7.86. The molecule has 0 atom stereocenters. The largest absolute Gasteiger partial charge is 0.348 e. The molecule has 0 fully saturated rings. The van der Waals surface area contributed by atoms with Crippen LogP contribution < -0.4 is 5.32 Å². The van der Waals surface area contributed by atoms with Crippen LogP contribution in [0.5, 0.6) is 0 Å². The molecule has 120 valence electrons. The number of rotatable bonds is 4. The summed E-state index contributed by atoms with van der Waals surface area (Å²) in [5.74, 6) is -0.0733. The molecule has 0 aliphatic carbocycles. The second-order valence-corrected chi connectivity index (χ2v) is 6.18. The highest BCUT2D eigenvalue weighted by atomic mass is 16.1. The van der Waals surface area contributed by atoms with E-state index < -0.39 is 0 Å². The van der Waals surface area contributed by atoms with E-state index in [1.54, 1.807) is 12.4 Å². The number of hydrogen-bond acceptors (Lipinski definition) is 2. The lowest BCUT2D eigenvalue weighted by Gasteiger charge is -2.14. The van der Waals surface area contributed by atoms with Crippen molar-refractivity contribution >= 4 is 16.9 Å². The minimum absolute atomic E-state index is 0.0733. The molecule has 5 heteroatoms. The lowest BCUT2D eigenvalue weighted by molar-refractivity contribution is 0.0951. The van der Waals surface area contributed by atoms with Crippen LogP contribution in [0.2, 0.25) is 0 Å². The molecule has 0 aliphatic heterocycles. The van der Waals surface area contributed by atoms with Crippen LogP contribution in [-0.2, 0) is 6.54 Å². The number of benzene rings is 1. The van der Waals surface area contributed by atoms with Crippen molar-refractivity contribution in [1.82, 2.24) is 19.9 Å². The van der Waals surface area contributed by atoms with Gasteiger partial charge in [-0.05, 0) is 57.5 Å². The number of aromatic nitrogens is 3. The third kappa shape index (κ3) is 2.86. The van der Waals surface area contributed by atoms with Crippen molar-refractivity contribution in [1.29, 1.82) is 0 Å². The minimum Gasteiger partial charge on any atom is -0.348 e. The number of hydrogen-bond donors (Lipinski definition) is 2. The maximum absolute atomic E-state index is 12.4. The number of fused-ring (bicyclic) bond motifs is 1. The van der Waals surface area contributed by atoms with Crippen molar-refractivity contribution in [2.75, 3.05) is 0 Å². The molecule has 2 aromatic heterocycles. The van der Waals surface area contributed by atoms with Gasteiger partial charge in [0.05, 0.1) is 17.4 Å². The maximum atomic E-state index is 12.4. The van der Waals surface area contributed by atoms with E-state index in [0.29, 0.717) is 18.2 Å². The van der Waals surface area contributed by atoms with Crippen molar-refractivity contribution in [2.45, 2.75) is 40.3 Å². The summed E-state index contributed by atoms with van der Waals surface area (Å²) < 4.78 is 2.29. The summed E-state index contributed by atoms with van der Waals surface area (Å²) in [5.41, 5.74) is 5.96. The van der Waals surface area contributed by atoms with Crippen molar-refractivity contribution in [2.24, 2.45) is 0 Å². The number of carbonyl (C=O) groups is 1. The Balaban J connectivity index is 1.75. The van der Waals surface area contributed by atoms with Crippen LogP contribution in [0, 0.1) is 13.8 Å². The Hall–Kier alpha value is -2.56. The summed E-state index contributed by atoms with van der Waals surface area (Å²) in [5, 5.41) is 3.01. The molecule has 5 nitrogen and oxygen atoms in total. The molecule has 2 N–H and O–H groups in total.